The number of Topliss-reactive ketones (excluding diaryl/α,β-unsaturated/α-hetero) is 1. The molecule has 0 N–H and O–H groups in total. The van der Waals surface area contributed by atoms with Gasteiger partial charge in [0.05, 0.1) is 0 Å². The summed E-state index contributed by atoms with van der Waals surface area (Å²) in [5, 5.41) is 0. The van der Waals surface area contributed by atoms with E-state index in [-0.39, 0.29) is 5.78 Å². The van der Waals surface area contributed by atoms with E-state index in [9.17, 15) is 4.79 Å². The Kier molecular flexibility index (Phi) is 6.30. The molecule has 0 aliphatic carbocycles. The van der Waals surface area contributed by atoms with Crippen LogP contribution < -0.4 is 0 Å². The van der Waals surface area contributed by atoms with E-state index in [0.717, 1.165) is 31.0 Å². The summed E-state index contributed by atoms with van der Waals surface area (Å²) in [5.74, 6) is 1.21. The topological polar surface area (TPSA) is 20.3 Å². The number of hydrogen-bond acceptors (Lipinski definition) is 3. The number of benzene rings is 1. The van der Waals surface area contributed by atoms with Gasteiger partial charge in [0.1, 0.15) is 0 Å². The third-order valence-corrected chi connectivity index (χ3v) is 3.79. The van der Waals surface area contributed by atoms with Gasteiger partial charge in [-0.15, -0.1) is 11.8 Å². The highest BCUT2D eigenvalue weighted by molar-refractivity contribution is 7.99. The number of hydrogen-bond donors (Lipinski definition) is 0. The van der Waals surface area contributed by atoms with Crippen LogP contribution in [0.15, 0.2) is 29.2 Å². The number of ketones is 1. The molecule has 0 fully saturated rings. The molecule has 0 unspecified atom stereocenters. The van der Waals surface area contributed by atoms with E-state index in [1.807, 2.05) is 30.0 Å². The van der Waals surface area contributed by atoms with E-state index in [1.54, 1.807) is 6.92 Å². The lowest BCUT2D eigenvalue weighted by molar-refractivity contribution is 0.101. The summed E-state index contributed by atoms with van der Waals surface area (Å²) in [7, 11) is 0. The Bertz CT molecular complexity index is 361. The molecule has 1 rings (SSSR count). The number of thioether (sulfide) groups is 1. The number of carbonyl (C=O) groups is 1. The third kappa shape index (κ3) is 4.92. The Balaban J connectivity index is 2.46. The van der Waals surface area contributed by atoms with E-state index < -0.39 is 0 Å². The number of carbonyl (C=O) groups excluding carboxylic acids is 1. The van der Waals surface area contributed by atoms with E-state index >= 15 is 0 Å². The minimum absolute atomic E-state index is 0.135. The maximum Gasteiger partial charge on any atom is 0.159 e. The van der Waals surface area contributed by atoms with Gasteiger partial charge in [-0.1, -0.05) is 26.0 Å². The van der Waals surface area contributed by atoms with Crippen molar-refractivity contribution < 1.29 is 4.79 Å². The minimum Gasteiger partial charge on any atom is -0.303 e. The van der Waals surface area contributed by atoms with E-state index in [0.29, 0.717) is 0 Å². The summed E-state index contributed by atoms with van der Waals surface area (Å²) < 4.78 is 0. The SMILES string of the molecule is CCN(CC)CCSc1cccc(C(C)=O)c1. The standard InChI is InChI=1S/C14H21NOS/c1-4-15(5-2)9-10-17-14-8-6-7-13(11-14)12(3)16/h6-8,11H,4-5,9-10H2,1-3H3. The van der Waals surface area contributed by atoms with Gasteiger partial charge in [-0.3, -0.25) is 4.79 Å². The van der Waals surface area contributed by atoms with E-state index in [4.69, 9.17) is 0 Å². The molecule has 0 bridgehead atoms. The second-order valence-electron chi connectivity index (χ2n) is 3.96. The Morgan fingerprint density at radius 3 is 2.59 bits per heavy atom. The average Bonchev–Trinajstić information content (AvgIpc) is 2.35. The molecule has 1 aromatic carbocycles. The molecular formula is C14H21NOS. The van der Waals surface area contributed by atoms with Crippen LogP contribution in [0.3, 0.4) is 0 Å². The first-order valence-corrected chi connectivity index (χ1v) is 7.12. The zero-order valence-corrected chi connectivity index (χ0v) is 11.7. The van der Waals surface area contributed by atoms with Crippen molar-refractivity contribution in [2.24, 2.45) is 0 Å². The molecule has 1 aromatic rings. The molecule has 0 heterocycles. The Hall–Kier alpha value is -0.800. The van der Waals surface area contributed by atoms with E-state index in [1.165, 1.54) is 4.90 Å². The molecule has 0 radical (unpaired) electrons. The zero-order chi connectivity index (χ0) is 12.7. The first-order valence-electron chi connectivity index (χ1n) is 6.13. The summed E-state index contributed by atoms with van der Waals surface area (Å²) >= 11 is 1.82. The molecule has 0 spiro atoms. The molecule has 0 aliphatic heterocycles. The summed E-state index contributed by atoms with van der Waals surface area (Å²) in [4.78, 5) is 14.8. The van der Waals surface area contributed by atoms with Crippen molar-refractivity contribution in [3.63, 3.8) is 0 Å². The molecule has 0 saturated heterocycles. The normalized spacial score (nSPS) is 10.8. The molecule has 17 heavy (non-hydrogen) atoms. The fraction of sp³-hybridized carbons (Fsp3) is 0.500. The van der Waals surface area contributed by atoms with Crippen LogP contribution >= 0.6 is 11.8 Å². The van der Waals surface area contributed by atoms with Crippen molar-refractivity contribution in [1.82, 2.24) is 4.90 Å². The van der Waals surface area contributed by atoms with Gasteiger partial charge >= 0.3 is 0 Å². The molecular weight excluding hydrogens is 230 g/mol. The first-order chi connectivity index (χ1) is 8.17. The number of nitrogens with zero attached hydrogens (tertiary/aromatic N) is 1. The van der Waals surface area contributed by atoms with E-state index in [2.05, 4.69) is 24.8 Å². The Labute approximate surface area is 108 Å². The van der Waals surface area contributed by atoms with Crippen LogP contribution in [0.2, 0.25) is 0 Å². The lowest BCUT2D eigenvalue weighted by Gasteiger charge is -2.17. The predicted octanol–water partition coefficient (Wildman–Crippen LogP) is 3.32. The maximum atomic E-state index is 11.3. The number of rotatable bonds is 7. The molecule has 0 atom stereocenters. The molecule has 0 aromatic heterocycles. The highest BCUT2D eigenvalue weighted by Gasteiger charge is 2.02. The fourth-order valence-corrected chi connectivity index (χ4v) is 2.61. The van der Waals surface area contributed by atoms with Crippen LogP contribution in [0.1, 0.15) is 31.1 Å². The highest BCUT2D eigenvalue weighted by Crippen LogP contribution is 2.19. The second kappa shape index (κ2) is 7.51. The van der Waals surface area contributed by atoms with Crippen LogP contribution in [0.25, 0.3) is 0 Å². The van der Waals surface area contributed by atoms with Crippen LogP contribution in [0, 0.1) is 0 Å². The van der Waals surface area contributed by atoms with Crippen LogP contribution in [-0.4, -0.2) is 36.1 Å². The summed E-state index contributed by atoms with van der Waals surface area (Å²) in [5.41, 5.74) is 0.804. The molecule has 0 amide bonds. The predicted molar refractivity (Wildman–Crippen MR) is 75.0 cm³/mol. The summed E-state index contributed by atoms with van der Waals surface area (Å²) in [6.07, 6.45) is 0. The lowest BCUT2D eigenvalue weighted by Crippen LogP contribution is -2.25. The van der Waals surface area contributed by atoms with Crippen molar-refractivity contribution in [2.45, 2.75) is 25.7 Å². The minimum atomic E-state index is 0.135. The van der Waals surface area contributed by atoms with Gasteiger partial charge < -0.3 is 4.90 Å². The Morgan fingerprint density at radius 2 is 2.00 bits per heavy atom. The fourth-order valence-electron chi connectivity index (χ4n) is 1.64. The highest BCUT2D eigenvalue weighted by atomic mass is 32.2. The van der Waals surface area contributed by atoms with Crippen molar-refractivity contribution in [1.29, 1.82) is 0 Å². The zero-order valence-electron chi connectivity index (χ0n) is 10.9. The molecule has 94 valence electrons. The van der Waals surface area contributed by atoms with Crippen molar-refractivity contribution >= 4 is 17.5 Å². The quantitative estimate of drug-likeness (QED) is 0.547. The summed E-state index contributed by atoms with van der Waals surface area (Å²) in [6, 6.07) is 7.88. The first kappa shape index (κ1) is 14.3. The largest absolute Gasteiger partial charge is 0.303 e. The molecule has 2 nitrogen and oxygen atoms in total. The van der Waals surface area contributed by atoms with Crippen molar-refractivity contribution in [3.8, 4) is 0 Å². The Morgan fingerprint density at radius 1 is 1.29 bits per heavy atom. The molecule has 0 aliphatic rings. The van der Waals surface area contributed by atoms with Gasteiger partial charge in [-0.2, -0.15) is 0 Å². The average molecular weight is 251 g/mol. The van der Waals surface area contributed by atoms with Gasteiger partial charge in [0.2, 0.25) is 0 Å². The van der Waals surface area contributed by atoms with Crippen LogP contribution in [-0.2, 0) is 0 Å². The maximum absolute atomic E-state index is 11.3. The van der Waals surface area contributed by atoms with Gasteiger partial charge in [-0.25, -0.2) is 0 Å². The molecule has 3 heteroatoms. The van der Waals surface area contributed by atoms with Gasteiger partial charge in [0.15, 0.2) is 5.78 Å². The van der Waals surface area contributed by atoms with Crippen molar-refractivity contribution in [2.75, 3.05) is 25.4 Å². The molecule has 0 saturated carbocycles. The van der Waals surface area contributed by atoms with Gasteiger partial charge in [0.25, 0.3) is 0 Å². The lowest BCUT2D eigenvalue weighted by atomic mass is 10.2. The third-order valence-electron chi connectivity index (χ3n) is 2.81. The van der Waals surface area contributed by atoms with Crippen LogP contribution in [0.4, 0.5) is 0 Å². The van der Waals surface area contributed by atoms with Gasteiger partial charge in [-0.05, 0) is 32.1 Å². The second-order valence-corrected chi connectivity index (χ2v) is 5.13. The smallest absolute Gasteiger partial charge is 0.159 e. The summed E-state index contributed by atoms with van der Waals surface area (Å²) in [6.45, 7) is 9.28. The van der Waals surface area contributed by atoms with Crippen molar-refractivity contribution in [3.05, 3.63) is 29.8 Å². The van der Waals surface area contributed by atoms with Gasteiger partial charge in [0, 0.05) is 22.8 Å². The van der Waals surface area contributed by atoms with Crippen LogP contribution in [0.5, 0.6) is 0 Å². The monoisotopic (exact) mass is 251 g/mol.